The van der Waals surface area contributed by atoms with Gasteiger partial charge in [-0.05, 0) is 50.6 Å². The summed E-state index contributed by atoms with van der Waals surface area (Å²) in [6, 6.07) is 13.8. The molecule has 100 valence electrons. The highest BCUT2D eigenvalue weighted by Crippen LogP contribution is 2.43. The first-order chi connectivity index (χ1) is 9.59. The van der Waals surface area contributed by atoms with Crippen LogP contribution in [0.25, 0.3) is 0 Å². The smallest absolute Gasteiger partial charge is 0.124 e. The highest BCUT2D eigenvalue weighted by Gasteiger charge is 2.35. The molecule has 0 amide bonds. The van der Waals surface area contributed by atoms with Crippen LogP contribution in [0.1, 0.15) is 43.0 Å². The minimum atomic E-state index is -0.233. The largest absolute Gasteiger partial charge is 0.488 e. The van der Waals surface area contributed by atoms with E-state index in [1.54, 1.807) is 6.07 Å². The van der Waals surface area contributed by atoms with Crippen molar-refractivity contribution in [3.05, 3.63) is 59.4 Å². The van der Waals surface area contributed by atoms with Gasteiger partial charge in [-0.3, -0.25) is 4.98 Å². The fourth-order valence-corrected chi connectivity index (χ4v) is 2.77. The molecule has 2 aromatic rings. The molecule has 1 aromatic heterocycles. The van der Waals surface area contributed by atoms with E-state index in [4.69, 9.17) is 10.00 Å². The molecule has 0 radical (unpaired) electrons. The van der Waals surface area contributed by atoms with Crippen molar-refractivity contribution in [3.8, 4) is 11.8 Å². The lowest BCUT2D eigenvalue weighted by atomic mass is 9.81. The van der Waals surface area contributed by atoms with Gasteiger partial charge in [0.05, 0.1) is 11.6 Å². The normalized spacial score (nSPS) is 19.6. The third kappa shape index (κ3) is 2.25. The predicted molar refractivity (Wildman–Crippen MR) is 76.6 cm³/mol. The van der Waals surface area contributed by atoms with E-state index >= 15 is 0 Å². The molecule has 2 heterocycles. The fraction of sp³-hybridized carbons (Fsp3) is 0.294. The third-order valence-electron chi connectivity index (χ3n) is 3.64. The Bertz CT molecular complexity index is 671. The number of benzene rings is 1. The number of hydrogen-bond acceptors (Lipinski definition) is 3. The molecule has 0 N–H and O–H groups in total. The summed E-state index contributed by atoms with van der Waals surface area (Å²) in [5, 5.41) is 9.09. The Morgan fingerprint density at radius 3 is 2.85 bits per heavy atom. The Balaban J connectivity index is 2.14. The quantitative estimate of drug-likeness (QED) is 0.789. The van der Waals surface area contributed by atoms with Crippen molar-refractivity contribution in [2.45, 2.75) is 31.8 Å². The summed E-state index contributed by atoms with van der Waals surface area (Å²) in [5.74, 6) is 1.03. The summed E-state index contributed by atoms with van der Waals surface area (Å²) in [4.78, 5) is 4.48. The first kappa shape index (κ1) is 12.7. The molecule has 1 aliphatic rings. The second kappa shape index (κ2) is 4.64. The highest BCUT2D eigenvalue weighted by molar-refractivity contribution is 5.48. The second-order valence-electron chi connectivity index (χ2n) is 5.74. The number of nitriles is 1. The molecule has 0 saturated carbocycles. The Kier molecular flexibility index (Phi) is 2.94. The van der Waals surface area contributed by atoms with E-state index in [0.29, 0.717) is 5.56 Å². The van der Waals surface area contributed by atoms with E-state index < -0.39 is 0 Å². The lowest BCUT2D eigenvalue weighted by molar-refractivity contribution is 0.0769. The highest BCUT2D eigenvalue weighted by atomic mass is 16.5. The van der Waals surface area contributed by atoms with Crippen LogP contribution in [-0.4, -0.2) is 10.6 Å². The van der Waals surface area contributed by atoms with Gasteiger partial charge >= 0.3 is 0 Å². The monoisotopic (exact) mass is 264 g/mol. The molecule has 1 atom stereocenters. The van der Waals surface area contributed by atoms with Gasteiger partial charge in [-0.2, -0.15) is 5.26 Å². The van der Waals surface area contributed by atoms with Crippen LogP contribution in [0.5, 0.6) is 5.75 Å². The van der Waals surface area contributed by atoms with E-state index in [2.05, 4.69) is 24.9 Å². The van der Waals surface area contributed by atoms with Gasteiger partial charge in [0.2, 0.25) is 0 Å². The first-order valence-electron chi connectivity index (χ1n) is 6.73. The van der Waals surface area contributed by atoms with Crippen molar-refractivity contribution in [2.24, 2.45) is 0 Å². The number of ether oxygens (including phenoxy) is 1. The lowest BCUT2D eigenvalue weighted by Gasteiger charge is -2.37. The van der Waals surface area contributed by atoms with Crippen LogP contribution >= 0.6 is 0 Å². The lowest BCUT2D eigenvalue weighted by Crippen LogP contribution is -2.35. The number of nitrogens with zero attached hydrogens (tertiary/aromatic N) is 2. The minimum absolute atomic E-state index is 0.170. The molecule has 0 fully saturated rings. The SMILES string of the molecule is CC1(C)C[C@@H](c2ccccn2)c2cc(C#N)ccc2O1. The molecular weight excluding hydrogens is 248 g/mol. The molecule has 0 saturated heterocycles. The average Bonchev–Trinajstić information content (AvgIpc) is 2.46. The van der Waals surface area contributed by atoms with Crippen molar-refractivity contribution >= 4 is 0 Å². The Morgan fingerprint density at radius 1 is 1.30 bits per heavy atom. The number of fused-ring (bicyclic) bond motifs is 1. The molecule has 3 heteroatoms. The fourth-order valence-electron chi connectivity index (χ4n) is 2.77. The topological polar surface area (TPSA) is 45.9 Å². The van der Waals surface area contributed by atoms with Gasteiger partial charge in [-0.1, -0.05) is 6.07 Å². The Morgan fingerprint density at radius 2 is 2.15 bits per heavy atom. The number of aromatic nitrogens is 1. The average molecular weight is 264 g/mol. The van der Waals surface area contributed by atoms with Crippen molar-refractivity contribution in [3.63, 3.8) is 0 Å². The zero-order valence-electron chi connectivity index (χ0n) is 11.6. The van der Waals surface area contributed by atoms with Crippen LogP contribution in [0.2, 0.25) is 0 Å². The maximum absolute atomic E-state index is 9.09. The number of hydrogen-bond donors (Lipinski definition) is 0. The zero-order chi connectivity index (χ0) is 14.2. The molecule has 0 unspecified atom stereocenters. The van der Waals surface area contributed by atoms with E-state index in [9.17, 15) is 0 Å². The Hall–Kier alpha value is -2.34. The molecule has 1 aliphatic heterocycles. The van der Waals surface area contributed by atoms with Crippen molar-refractivity contribution < 1.29 is 4.74 Å². The maximum atomic E-state index is 9.09. The predicted octanol–water partition coefficient (Wildman–Crippen LogP) is 3.65. The van der Waals surface area contributed by atoms with E-state index in [-0.39, 0.29) is 11.5 Å². The van der Waals surface area contributed by atoms with Crippen molar-refractivity contribution in [1.82, 2.24) is 4.98 Å². The first-order valence-corrected chi connectivity index (χ1v) is 6.73. The minimum Gasteiger partial charge on any atom is -0.488 e. The van der Waals surface area contributed by atoms with Gasteiger partial charge in [0.25, 0.3) is 0 Å². The molecule has 0 aliphatic carbocycles. The van der Waals surface area contributed by atoms with Gasteiger partial charge in [0.15, 0.2) is 0 Å². The molecule has 20 heavy (non-hydrogen) atoms. The van der Waals surface area contributed by atoms with Gasteiger partial charge < -0.3 is 4.74 Å². The van der Waals surface area contributed by atoms with Crippen LogP contribution in [-0.2, 0) is 0 Å². The molecule has 0 bridgehead atoms. The van der Waals surface area contributed by atoms with Crippen molar-refractivity contribution in [1.29, 1.82) is 5.26 Å². The summed E-state index contributed by atoms with van der Waals surface area (Å²) < 4.78 is 6.03. The third-order valence-corrected chi connectivity index (χ3v) is 3.64. The molecule has 0 spiro atoms. The van der Waals surface area contributed by atoms with Crippen molar-refractivity contribution in [2.75, 3.05) is 0 Å². The molecular formula is C17H16N2O. The summed E-state index contributed by atoms with van der Waals surface area (Å²) in [6.07, 6.45) is 2.66. The maximum Gasteiger partial charge on any atom is 0.124 e. The second-order valence-corrected chi connectivity index (χ2v) is 5.74. The molecule has 1 aromatic carbocycles. The van der Waals surface area contributed by atoms with Gasteiger partial charge in [-0.25, -0.2) is 0 Å². The zero-order valence-corrected chi connectivity index (χ0v) is 11.6. The van der Waals surface area contributed by atoms with Crippen LogP contribution in [0.4, 0.5) is 0 Å². The summed E-state index contributed by atoms with van der Waals surface area (Å²) >= 11 is 0. The summed E-state index contributed by atoms with van der Waals surface area (Å²) in [5.41, 5.74) is 2.51. The van der Waals surface area contributed by atoms with Crippen LogP contribution < -0.4 is 4.74 Å². The molecule has 3 rings (SSSR count). The van der Waals surface area contributed by atoms with Crippen LogP contribution in [0, 0.1) is 11.3 Å². The van der Waals surface area contributed by atoms with Gasteiger partial charge in [0, 0.05) is 23.4 Å². The number of rotatable bonds is 1. The van der Waals surface area contributed by atoms with E-state index in [0.717, 1.165) is 23.4 Å². The number of pyridine rings is 1. The van der Waals surface area contributed by atoms with Gasteiger partial charge in [0.1, 0.15) is 11.4 Å². The summed E-state index contributed by atoms with van der Waals surface area (Å²) in [6.45, 7) is 4.17. The standard InChI is InChI=1S/C17H16N2O/c1-17(2)10-14(15-5-3-4-8-19-15)13-9-12(11-18)6-7-16(13)20-17/h3-9,14H,10H2,1-2H3/t14-/m1/s1. The van der Waals surface area contributed by atoms with Crippen LogP contribution in [0.15, 0.2) is 42.6 Å². The molecule has 3 nitrogen and oxygen atoms in total. The Labute approximate surface area is 118 Å². The van der Waals surface area contributed by atoms with E-state index in [1.807, 2.05) is 36.5 Å². The summed E-state index contributed by atoms with van der Waals surface area (Å²) in [7, 11) is 0. The van der Waals surface area contributed by atoms with Gasteiger partial charge in [-0.15, -0.1) is 0 Å². The van der Waals surface area contributed by atoms with E-state index in [1.165, 1.54) is 0 Å². The van der Waals surface area contributed by atoms with Crippen LogP contribution in [0.3, 0.4) is 0 Å².